The average Bonchev–Trinajstić information content (AvgIpc) is 3.28. The molecule has 5 heteroatoms. The lowest BCUT2D eigenvalue weighted by Gasteiger charge is -2.16. The van der Waals surface area contributed by atoms with Gasteiger partial charge in [0, 0.05) is 31.9 Å². The smallest absolute Gasteiger partial charge is 0.265 e. The van der Waals surface area contributed by atoms with E-state index in [-0.39, 0.29) is 5.91 Å². The second-order valence-corrected chi connectivity index (χ2v) is 6.60. The Bertz CT molecular complexity index is 634. The van der Waals surface area contributed by atoms with E-state index in [0.29, 0.717) is 12.5 Å². The van der Waals surface area contributed by atoms with Crippen LogP contribution < -0.4 is 0 Å². The number of nitrogens with zero attached hydrogens (tertiary/aromatic N) is 3. The number of thiazole rings is 1. The molecular weight excluding hydrogens is 282 g/mol. The van der Waals surface area contributed by atoms with Crippen molar-refractivity contribution in [1.29, 1.82) is 0 Å². The van der Waals surface area contributed by atoms with E-state index in [1.165, 1.54) is 18.4 Å². The van der Waals surface area contributed by atoms with Crippen LogP contribution in [0.15, 0.2) is 24.5 Å². The Hall–Kier alpha value is -1.75. The zero-order chi connectivity index (χ0) is 14.8. The van der Waals surface area contributed by atoms with Gasteiger partial charge in [-0.1, -0.05) is 0 Å². The van der Waals surface area contributed by atoms with Crippen LogP contribution in [0.2, 0.25) is 0 Å². The van der Waals surface area contributed by atoms with Gasteiger partial charge in [-0.3, -0.25) is 9.78 Å². The summed E-state index contributed by atoms with van der Waals surface area (Å²) >= 11 is 1.58. The lowest BCUT2D eigenvalue weighted by molar-refractivity contribution is 0.0800. The first-order valence-electron chi connectivity index (χ1n) is 7.27. The maximum absolute atomic E-state index is 12.5. The van der Waals surface area contributed by atoms with Crippen LogP contribution in [0, 0.1) is 6.92 Å². The van der Waals surface area contributed by atoms with E-state index in [9.17, 15) is 4.79 Å². The van der Waals surface area contributed by atoms with Crippen LogP contribution in [0.4, 0.5) is 0 Å². The Morgan fingerprint density at radius 3 is 2.76 bits per heavy atom. The highest BCUT2D eigenvalue weighted by Crippen LogP contribution is 2.42. The summed E-state index contributed by atoms with van der Waals surface area (Å²) in [7, 11) is 1.86. The fraction of sp³-hybridized carbons (Fsp3) is 0.438. The highest BCUT2D eigenvalue weighted by molar-refractivity contribution is 7.13. The van der Waals surface area contributed by atoms with Gasteiger partial charge in [0.05, 0.1) is 10.7 Å². The van der Waals surface area contributed by atoms with E-state index in [0.717, 1.165) is 22.0 Å². The Kier molecular flexibility index (Phi) is 4.01. The van der Waals surface area contributed by atoms with Gasteiger partial charge in [-0.15, -0.1) is 11.3 Å². The molecule has 0 aliphatic heterocycles. The van der Waals surface area contributed by atoms with Crippen molar-refractivity contribution >= 4 is 17.2 Å². The van der Waals surface area contributed by atoms with Gasteiger partial charge in [-0.25, -0.2) is 4.98 Å². The molecule has 1 amide bonds. The number of carbonyl (C=O) groups excluding carboxylic acids is 1. The van der Waals surface area contributed by atoms with Crippen LogP contribution in [-0.4, -0.2) is 34.4 Å². The standard InChI is InChI=1S/C16H19N3OS/c1-11-14(21-15(18-11)13-3-4-13)16(20)19(2)10-7-12-5-8-17-9-6-12/h5-6,8-9,13H,3-4,7,10H2,1-2H3. The van der Waals surface area contributed by atoms with Crippen molar-refractivity contribution in [2.24, 2.45) is 0 Å². The predicted octanol–water partition coefficient (Wildman–Crippen LogP) is 3.04. The fourth-order valence-corrected chi connectivity index (χ4v) is 3.47. The lowest BCUT2D eigenvalue weighted by Crippen LogP contribution is -2.28. The third-order valence-electron chi connectivity index (χ3n) is 3.77. The van der Waals surface area contributed by atoms with E-state index in [2.05, 4.69) is 9.97 Å². The molecule has 4 nitrogen and oxygen atoms in total. The van der Waals surface area contributed by atoms with Crippen molar-refractivity contribution < 1.29 is 4.79 Å². The first kappa shape index (κ1) is 14.2. The maximum atomic E-state index is 12.5. The topological polar surface area (TPSA) is 46.1 Å². The quantitative estimate of drug-likeness (QED) is 0.852. The number of hydrogen-bond acceptors (Lipinski definition) is 4. The minimum atomic E-state index is 0.0888. The van der Waals surface area contributed by atoms with Crippen LogP contribution in [0.3, 0.4) is 0 Å². The summed E-state index contributed by atoms with van der Waals surface area (Å²) in [5.41, 5.74) is 2.08. The molecule has 110 valence electrons. The SMILES string of the molecule is Cc1nc(C2CC2)sc1C(=O)N(C)CCc1ccncc1. The lowest BCUT2D eigenvalue weighted by atomic mass is 10.2. The highest BCUT2D eigenvalue weighted by atomic mass is 32.1. The van der Waals surface area contributed by atoms with Gasteiger partial charge in [0.25, 0.3) is 5.91 Å². The van der Waals surface area contributed by atoms with Gasteiger partial charge < -0.3 is 4.90 Å². The first-order chi connectivity index (χ1) is 10.1. The van der Waals surface area contributed by atoms with Crippen molar-refractivity contribution in [2.75, 3.05) is 13.6 Å². The van der Waals surface area contributed by atoms with Gasteiger partial charge in [0.1, 0.15) is 4.88 Å². The molecule has 0 atom stereocenters. The molecule has 0 spiro atoms. The molecule has 3 rings (SSSR count). The van der Waals surface area contributed by atoms with Gasteiger partial charge >= 0.3 is 0 Å². The van der Waals surface area contributed by atoms with Crippen LogP contribution in [0.25, 0.3) is 0 Å². The van der Waals surface area contributed by atoms with Gasteiger partial charge in [0.15, 0.2) is 0 Å². The first-order valence-corrected chi connectivity index (χ1v) is 8.08. The van der Waals surface area contributed by atoms with E-state index in [1.807, 2.05) is 26.1 Å². The van der Waals surface area contributed by atoms with E-state index >= 15 is 0 Å². The summed E-state index contributed by atoms with van der Waals surface area (Å²) in [4.78, 5) is 23.7. The number of amides is 1. The highest BCUT2D eigenvalue weighted by Gasteiger charge is 2.29. The molecule has 0 unspecified atom stereocenters. The number of carbonyl (C=O) groups is 1. The molecule has 1 saturated carbocycles. The van der Waals surface area contributed by atoms with Crippen LogP contribution in [-0.2, 0) is 6.42 Å². The third-order valence-corrected chi connectivity index (χ3v) is 5.07. The monoisotopic (exact) mass is 301 g/mol. The molecule has 0 aromatic carbocycles. The van der Waals surface area contributed by atoms with Gasteiger partial charge in [-0.05, 0) is 43.9 Å². The summed E-state index contributed by atoms with van der Waals surface area (Å²) in [5, 5.41) is 1.14. The van der Waals surface area contributed by atoms with Crippen molar-refractivity contribution in [2.45, 2.75) is 32.1 Å². The zero-order valence-electron chi connectivity index (χ0n) is 12.4. The third kappa shape index (κ3) is 3.29. The Morgan fingerprint density at radius 1 is 1.38 bits per heavy atom. The van der Waals surface area contributed by atoms with E-state index < -0.39 is 0 Å². The van der Waals surface area contributed by atoms with Crippen molar-refractivity contribution in [3.8, 4) is 0 Å². The van der Waals surface area contributed by atoms with Crippen molar-refractivity contribution in [1.82, 2.24) is 14.9 Å². The Morgan fingerprint density at radius 2 is 2.10 bits per heavy atom. The number of likely N-dealkylation sites (N-methyl/N-ethyl adjacent to an activating group) is 1. The minimum Gasteiger partial charge on any atom is -0.341 e. The van der Waals surface area contributed by atoms with Crippen LogP contribution in [0.5, 0.6) is 0 Å². The van der Waals surface area contributed by atoms with E-state index in [4.69, 9.17) is 0 Å². The van der Waals surface area contributed by atoms with Gasteiger partial charge in [0.2, 0.25) is 0 Å². The number of pyridine rings is 1. The number of rotatable bonds is 5. The van der Waals surface area contributed by atoms with E-state index in [1.54, 1.807) is 28.6 Å². The van der Waals surface area contributed by atoms with Crippen molar-refractivity contribution in [3.63, 3.8) is 0 Å². The largest absolute Gasteiger partial charge is 0.341 e. The number of hydrogen-bond donors (Lipinski definition) is 0. The maximum Gasteiger partial charge on any atom is 0.265 e. The van der Waals surface area contributed by atoms with Crippen LogP contribution in [0.1, 0.15) is 44.7 Å². The second kappa shape index (κ2) is 5.93. The Balaban J connectivity index is 1.64. The Labute approximate surface area is 128 Å². The van der Waals surface area contributed by atoms with Gasteiger partial charge in [-0.2, -0.15) is 0 Å². The average molecular weight is 301 g/mol. The molecule has 2 aromatic heterocycles. The zero-order valence-corrected chi connectivity index (χ0v) is 13.2. The molecule has 2 heterocycles. The number of aromatic nitrogens is 2. The molecule has 2 aromatic rings. The molecule has 1 aliphatic carbocycles. The summed E-state index contributed by atoms with van der Waals surface area (Å²) < 4.78 is 0. The summed E-state index contributed by atoms with van der Waals surface area (Å²) in [6.45, 7) is 2.64. The summed E-state index contributed by atoms with van der Waals surface area (Å²) in [6, 6.07) is 3.98. The molecule has 0 radical (unpaired) electrons. The molecule has 0 bridgehead atoms. The van der Waals surface area contributed by atoms with Crippen LogP contribution >= 0.6 is 11.3 Å². The summed E-state index contributed by atoms with van der Waals surface area (Å²) in [6.07, 6.45) is 6.85. The molecule has 21 heavy (non-hydrogen) atoms. The van der Waals surface area contributed by atoms with Crippen molar-refractivity contribution in [3.05, 3.63) is 45.7 Å². The molecule has 0 saturated heterocycles. The number of aryl methyl sites for hydroxylation is 1. The second-order valence-electron chi connectivity index (χ2n) is 5.57. The molecule has 1 aliphatic rings. The normalized spacial score (nSPS) is 14.2. The predicted molar refractivity (Wildman–Crippen MR) is 83.7 cm³/mol. The molecule has 0 N–H and O–H groups in total. The molecule has 1 fully saturated rings. The fourth-order valence-electron chi connectivity index (χ4n) is 2.24. The minimum absolute atomic E-state index is 0.0888. The summed E-state index contributed by atoms with van der Waals surface area (Å²) in [5.74, 6) is 0.698. The molecular formula is C16H19N3OS.